The Balaban J connectivity index is 1.95. The minimum Gasteiger partial charge on any atom is -0.465 e. The second kappa shape index (κ2) is 9.46. The van der Waals surface area contributed by atoms with E-state index in [1.165, 1.54) is 16.7 Å². The largest absolute Gasteiger partial charge is 0.465 e. The molecule has 2 aromatic heterocycles. The van der Waals surface area contributed by atoms with E-state index in [9.17, 15) is 18.8 Å². The minimum atomic E-state index is -0.574. The van der Waals surface area contributed by atoms with Crippen molar-refractivity contribution in [3.8, 4) is 5.69 Å². The topological polar surface area (TPSA) is 91.6 Å². The first-order valence-corrected chi connectivity index (χ1v) is 9.90. The monoisotopic (exact) mass is 429 g/mol. The maximum absolute atomic E-state index is 13.3. The second-order valence-electron chi connectivity index (χ2n) is 7.08. The van der Waals surface area contributed by atoms with Crippen LogP contribution in [0.2, 0.25) is 0 Å². The molecule has 31 heavy (non-hydrogen) atoms. The van der Waals surface area contributed by atoms with Gasteiger partial charge in [-0.05, 0) is 57.2 Å². The molecule has 3 rings (SSSR count). The van der Waals surface area contributed by atoms with Crippen molar-refractivity contribution in [1.82, 2.24) is 14.5 Å². The number of nitrogens with zero attached hydrogens (tertiary/aromatic N) is 2. The summed E-state index contributed by atoms with van der Waals surface area (Å²) in [6.07, 6.45) is 1.43. The lowest BCUT2D eigenvalue weighted by atomic mass is 10.3. The molecule has 0 bridgehead atoms. The summed E-state index contributed by atoms with van der Waals surface area (Å²) in [6.45, 7) is 4.90. The highest BCUT2D eigenvalue weighted by Gasteiger charge is 2.22. The van der Waals surface area contributed by atoms with Gasteiger partial charge in [-0.25, -0.2) is 9.18 Å². The molecule has 9 heteroatoms. The van der Waals surface area contributed by atoms with Gasteiger partial charge in [-0.1, -0.05) is 0 Å². The Bertz CT molecular complexity index is 1100. The van der Waals surface area contributed by atoms with Gasteiger partial charge in [0.25, 0.3) is 0 Å². The molecule has 0 aliphatic rings. The lowest BCUT2D eigenvalue weighted by Crippen LogP contribution is -2.33. The maximum Gasteiger partial charge on any atom is 0.355 e. The fraction of sp³-hybridized carbons (Fsp3) is 0.318. The van der Waals surface area contributed by atoms with Crippen LogP contribution in [0.5, 0.6) is 0 Å². The Labute approximate surface area is 178 Å². The lowest BCUT2D eigenvalue weighted by Gasteiger charge is -2.12. The zero-order chi connectivity index (χ0) is 22.5. The summed E-state index contributed by atoms with van der Waals surface area (Å²) < 4.78 is 26.7. The van der Waals surface area contributed by atoms with Crippen LogP contribution in [0.3, 0.4) is 0 Å². The van der Waals surface area contributed by atoms with E-state index >= 15 is 0 Å². The summed E-state index contributed by atoms with van der Waals surface area (Å²) >= 11 is 0. The van der Waals surface area contributed by atoms with E-state index < -0.39 is 17.8 Å². The van der Waals surface area contributed by atoms with Crippen molar-refractivity contribution in [3.63, 3.8) is 0 Å². The Hall–Kier alpha value is -3.62. The molecule has 0 fully saturated rings. The number of ether oxygens (including phenoxy) is 2. The minimum absolute atomic E-state index is 0.196. The number of fused-ring (bicyclic) bond motifs is 1. The predicted octanol–water partition coefficient (Wildman–Crippen LogP) is 2.82. The van der Waals surface area contributed by atoms with Gasteiger partial charge in [0.05, 0.1) is 23.7 Å². The van der Waals surface area contributed by atoms with Gasteiger partial charge >= 0.3 is 11.9 Å². The van der Waals surface area contributed by atoms with Gasteiger partial charge in [0.15, 0.2) is 0 Å². The van der Waals surface area contributed by atoms with Crippen LogP contribution in [0.4, 0.5) is 4.39 Å². The number of carbonyl (C=O) groups is 3. The average molecular weight is 429 g/mol. The Morgan fingerprint density at radius 1 is 1.10 bits per heavy atom. The highest BCUT2D eigenvalue weighted by atomic mass is 19.1. The normalized spacial score (nSPS) is 11.0. The fourth-order valence-electron chi connectivity index (χ4n) is 3.17. The standard InChI is InChI=1S/C22H24FN3O5/c1-4-30-21(28)12-24-20(27)13-26-17-9-10-25(16-7-5-15(23)6-8-16)18(17)11-19(26)22(29)31-14(2)3/h5-11,14H,4,12-13H2,1-3H3,(H,24,27). The van der Waals surface area contributed by atoms with Gasteiger partial charge in [-0.3, -0.25) is 9.59 Å². The van der Waals surface area contributed by atoms with Gasteiger partial charge < -0.3 is 23.9 Å². The van der Waals surface area contributed by atoms with Gasteiger partial charge in [0.2, 0.25) is 5.91 Å². The third-order valence-electron chi connectivity index (χ3n) is 4.45. The van der Waals surface area contributed by atoms with Crippen LogP contribution in [-0.2, 0) is 25.6 Å². The third-order valence-corrected chi connectivity index (χ3v) is 4.45. The summed E-state index contributed by atoms with van der Waals surface area (Å²) in [5.74, 6) is -1.94. The molecule has 3 aromatic rings. The van der Waals surface area contributed by atoms with Crippen molar-refractivity contribution in [2.75, 3.05) is 13.2 Å². The number of aromatic nitrogens is 2. The smallest absolute Gasteiger partial charge is 0.355 e. The van der Waals surface area contributed by atoms with Gasteiger partial charge in [-0.15, -0.1) is 0 Å². The molecule has 0 aliphatic heterocycles. The van der Waals surface area contributed by atoms with Crippen molar-refractivity contribution in [2.24, 2.45) is 0 Å². The molecule has 0 radical (unpaired) electrons. The van der Waals surface area contributed by atoms with Crippen LogP contribution in [-0.4, -0.2) is 46.2 Å². The SMILES string of the molecule is CCOC(=O)CNC(=O)Cn1c(C(=O)OC(C)C)cc2c1ccn2-c1ccc(F)cc1. The van der Waals surface area contributed by atoms with Gasteiger partial charge in [0, 0.05) is 11.9 Å². The maximum atomic E-state index is 13.3. The first-order chi connectivity index (χ1) is 14.8. The van der Waals surface area contributed by atoms with Crippen molar-refractivity contribution < 1.29 is 28.2 Å². The van der Waals surface area contributed by atoms with Crippen LogP contribution in [0.15, 0.2) is 42.6 Å². The van der Waals surface area contributed by atoms with Crippen molar-refractivity contribution in [1.29, 1.82) is 0 Å². The molecule has 0 unspecified atom stereocenters. The van der Waals surface area contributed by atoms with Crippen molar-refractivity contribution >= 4 is 28.9 Å². The molecular formula is C22H24FN3O5. The van der Waals surface area contributed by atoms with E-state index in [1.807, 2.05) is 0 Å². The number of esters is 2. The molecular weight excluding hydrogens is 405 g/mol. The first kappa shape index (κ1) is 22.1. The lowest BCUT2D eigenvalue weighted by molar-refractivity contribution is -0.143. The molecule has 0 spiro atoms. The van der Waals surface area contributed by atoms with E-state index in [0.717, 1.165) is 0 Å². The molecule has 0 saturated heterocycles. The van der Waals surface area contributed by atoms with Crippen LogP contribution < -0.4 is 5.32 Å². The van der Waals surface area contributed by atoms with Gasteiger partial charge in [0.1, 0.15) is 24.6 Å². The summed E-state index contributed by atoms with van der Waals surface area (Å²) in [5, 5.41) is 2.49. The predicted molar refractivity (Wildman–Crippen MR) is 111 cm³/mol. The molecule has 0 saturated carbocycles. The van der Waals surface area contributed by atoms with Crippen LogP contribution in [0.25, 0.3) is 16.7 Å². The highest BCUT2D eigenvalue weighted by molar-refractivity contribution is 5.96. The Morgan fingerprint density at radius 2 is 1.81 bits per heavy atom. The Kier molecular flexibility index (Phi) is 6.74. The molecule has 0 aliphatic carbocycles. The molecule has 2 heterocycles. The van der Waals surface area contributed by atoms with Crippen LogP contribution in [0.1, 0.15) is 31.3 Å². The zero-order valence-corrected chi connectivity index (χ0v) is 17.6. The number of nitrogens with one attached hydrogen (secondary N) is 1. The number of rotatable bonds is 8. The molecule has 0 atom stereocenters. The summed E-state index contributed by atoms with van der Waals surface area (Å²) in [6, 6.07) is 9.30. The van der Waals surface area contributed by atoms with E-state index in [1.54, 1.807) is 55.8 Å². The van der Waals surface area contributed by atoms with Gasteiger partial charge in [-0.2, -0.15) is 0 Å². The molecule has 164 valence electrons. The average Bonchev–Trinajstić information content (AvgIpc) is 3.27. The summed E-state index contributed by atoms with van der Waals surface area (Å²) in [4.78, 5) is 36.6. The number of hydrogen-bond acceptors (Lipinski definition) is 5. The summed E-state index contributed by atoms with van der Waals surface area (Å²) in [7, 11) is 0. The zero-order valence-electron chi connectivity index (χ0n) is 17.6. The Morgan fingerprint density at radius 3 is 2.45 bits per heavy atom. The molecule has 1 aromatic carbocycles. The highest BCUT2D eigenvalue weighted by Crippen LogP contribution is 2.25. The third kappa shape index (κ3) is 5.11. The first-order valence-electron chi connectivity index (χ1n) is 9.90. The van der Waals surface area contributed by atoms with E-state index in [2.05, 4.69) is 5.32 Å². The number of carbonyl (C=O) groups excluding carboxylic acids is 3. The molecule has 1 amide bonds. The fourth-order valence-corrected chi connectivity index (χ4v) is 3.17. The second-order valence-corrected chi connectivity index (χ2v) is 7.08. The van der Waals surface area contributed by atoms with Crippen molar-refractivity contribution in [2.45, 2.75) is 33.4 Å². The van der Waals surface area contributed by atoms with Crippen molar-refractivity contribution in [3.05, 3.63) is 54.1 Å². The molecule has 1 N–H and O–H groups in total. The van der Waals surface area contributed by atoms with Crippen LogP contribution >= 0.6 is 0 Å². The number of amides is 1. The number of hydrogen-bond donors (Lipinski definition) is 1. The quantitative estimate of drug-likeness (QED) is 0.556. The number of benzene rings is 1. The number of halogens is 1. The van der Waals surface area contributed by atoms with E-state index in [4.69, 9.17) is 9.47 Å². The van der Waals surface area contributed by atoms with Crippen LogP contribution in [0, 0.1) is 5.82 Å². The summed E-state index contributed by atoms with van der Waals surface area (Å²) in [5.41, 5.74) is 2.16. The van der Waals surface area contributed by atoms with E-state index in [-0.39, 0.29) is 37.3 Å². The van der Waals surface area contributed by atoms with E-state index in [0.29, 0.717) is 16.7 Å². The molecule has 8 nitrogen and oxygen atoms in total.